The molecule has 1 aliphatic rings. The van der Waals surface area contributed by atoms with Crippen molar-refractivity contribution >= 4 is 17.4 Å². The summed E-state index contributed by atoms with van der Waals surface area (Å²) in [5.41, 5.74) is 1.44. The molecule has 1 aromatic rings. The smallest absolute Gasteiger partial charge is 0.407 e. The Morgan fingerprint density at radius 3 is 3.19 bits per heavy atom. The summed E-state index contributed by atoms with van der Waals surface area (Å²) >= 11 is 1.77. The number of rotatable bonds is 4. The summed E-state index contributed by atoms with van der Waals surface area (Å²) in [6.45, 7) is 0.426. The molecule has 0 saturated heterocycles. The third kappa shape index (κ3) is 2.74. The van der Waals surface area contributed by atoms with Gasteiger partial charge in [0.15, 0.2) is 0 Å². The van der Waals surface area contributed by atoms with Gasteiger partial charge in [0, 0.05) is 9.75 Å². The van der Waals surface area contributed by atoms with E-state index in [0.717, 1.165) is 0 Å². The monoisotopic (exact) mass is 241 g/mol. The topological polar surface area (TPSA) is 58.6 Å². The van der Waals surface area contributed by atoms with Crippen molar-refractivity contribution in [2.24, 2.45) is 0 Å². The molecule has 5 heteroatoms. The van der Waals surface area contributed by atoms with Crippen molar-refractivity contribution < 1.29 is 14.6 Å². The Balaban J connectivity index is 1.79. The Hall–Kier alpha value is -1.07. The molecule has 1 aromatic heterocycles. The lowest BCUT2D eigenvalue weighted by molar-refractivity contribution is 0.119. The van der Waals surface area contributed by atoms with Crippen LogP contribution in [0.4, 0.5) is 4.79 Å². The SMILES string of the molecule is O=C(NCc1cc2c(s1)CCC2)OCCO. The Kier molecular flexibility index (Phi) is 3.79. The number of fused-ring (bicyclic) bond motifs is 1. The third-order valence-corrected chi connectivity index (χ3v) is 3.77. The molecule has 88 valence electrons. The molecule has 0 fully saturated rings. The first kappa shape index (κ1) is 11.4. The largest absolute Gasteiger partial charge is 0.447 e. The number of nitrogens with one attached hydrogen (secondary N) is 1. The highest BCUT2D eigenvalue weighted by molar-refractivity contribution is 7.12. The standard InChI is InChI=1S/C11H15NO3S/c13-4-5-15-11(14)12-7-9-6-8-2-1-3-10(8)16-9/h6,13H,1-5,7H2,(H,12,14). The van der Waals surface area contributed by atoms with Gasteiger partial charge in [0.1, 0.15) is 6.61 Å². The van der Waals surface area contributed by atoms with Crippen molar-refractivity contribution in [3.8, 4) is 0 Å². The van der Waals surface area contributed by atoms with E-state index in [-0.39, 0.29) is 13.2 Å². The van der Waals surface area contributed by atoms with Gasteiger partial charge in [0.2, 0.25) is 0 Å². The summed E-state index contributed by atoms with van der Waals surface area (Å²) in [7, 11) is 0. The second kappa shape index (κ2) is 5.32. The molecule has 0 atom stereocenters. The molecule has 2 N–H and O–H groups in total. The van der Waals surface area contributed by atoms with E-state index in [2.05, 4.69) is 11.4 Å². The second-order valence-electron chi connectivity index (χ2n) is 3.73. The quantitative estimate of drug-likeness (QED) is 0.839. The van der Waals surface area contributed by atoms with Crippen LogP contribution in [0.3, 0.4) is 0 Å². The average Bonchev–Trinajstić information content (AvgIpc) is 2.83. The number of ether oxygens (including phenoxy) is 1. The maximum absolute atomic E-state index is 11.1. The van der Waals surface area contributed by atoms with Crippen LogP contribution in [0.5, 0.6) is 0 Å². The number of aliphatic hydroxyl groups is 1. The fourth-order valence-corrected chi connectivity index (χ4v) is 3.03. The Morgan fingerprint density at radius 2 is 2.44 bits per heavy atom. The summed E-state index contributed by atoms with van der Waals surface area (Å²) in [5, 5.41) is 11.1. The summed E-state index contributed by atoms with van der Waals surface area (Å²) in [6.07, 6.45) is 3.13. The van der Waals surface area contributed by atoms with Crippen LogP contribution >= 0.6 is 11.3 Å². The number of hydrogen-bond donors (Lipinski definition) is 2. The normalized spacial score (nSPS) is 13.6. The van der Waals surface area contributed by atoms with Gasteiger partial charge in [-0.25, -0.2) is 4.79 Å². The van der Waals surface area contributed by atoms with Crippen molar-refractivity contribution in [3.63, 3.8) is 0 Å². The number of thiophene rings is 1. The van der Waals surface area contributed by atoms with Crippen molar-refractivity contribution in [2.75, 3.05) is 13.2 Å². The first-order valence-corrected chi connectivity index (χ1v) is 6.23. The molecule has 2 rings (SSSR count). The number of carbonyl (C=O) groups excluding carboxylic acids is 1. The number of hydrogen-bond acceptors (Lipinski definition) is 4. The van der Waals surface area contributed by atoms with E-state index in [1.54, 1.807) is 11.3 Å². The van der Waals surface area contributed by atoms with E-state index in [1.165, 1.54) is 34.6 Å². The van der Waals surface area contributed by atoms with Gasteiger partial charge in [-0.05, 0) is 30.9 Å². The molecule has 0 aliphatic heterocycles. The van der Waals surface area contributed by atoms with Crippen molar-refractivity contribution in [3.05, 3.63) is 21.4 Å². The van der Waals surface area contributed by atoms with Crippen molar-refractivity contribution in [1.29, 1.82) is 0 Å². The molecular formula is C11H15NO3S. The lowest BCUT2D eigenvalue weighted by Gasteiger charge is -2.03. The fourth-order valence-electron chi connectivity index (χ4n) is 1.83. The molecule has 1 heterocycles. The highest BCUT2D eigenvalue weighted by Crippen LogP contribution is 2.30. The van der Waals surface area contributed by atoms with Crippen LogP contribution in [0.1, 0.15) is 21.7 Å². The van der Waals surface area contributed by atoms with Crippen LogP contribution in [-0.2, 0) is 24.1 Å². The number of amides is 1. The highest BCUT2D eigenvalue weighted by atomic mass is 32.1. The maximum Gasteiger partial charge on any atom is 0.407 e. The highest BCUT2D eigenvalue weighted by Gasteiger charge is 2.14. The zero-order valence-corrected chi connectivity index (χ0v) is 9.81. The molecule has 0 aromatic carbocycles. The van der Waals surface area contributed by atoms with E-state index in [0.29, 0.717) is 6.54 Å². The minimum atomic E-state index is -0.470. The van der Waals surface area contributed by atoms with Crippen LogP contribution in [0.2, 0.25) is 0 Å². The fraction of sp³-hybridized carbons (Fsp3) is 0.545. The molecule has 0 saturated carbocycles. The number of carbonyl (C=O) groups is 1. The first-order valence-electron chi connectivity index (χ1n) is 5.41. The second-order valence-corrected chi connectivity index (χ2v) is 4.95. The molecule has 4 nitrogen and oxygen atoms in total. The number of aryl methyl sites for hydroxylation is 2. The van der Waals surface area contributed by atoms with Gasteiger partial charge in [0.05, 0.1) is 13.2 Å². The molecule has 0 bridgehead atoms. The van der Waals surface area contributed by atoms with Crippen LogP contribution < -0.4 is 5.32 Å². The minimum absolute atomic E-state index is 0.0484. The molecule has 0 radical (unpaired) electrons. The van der Waals surface area contributed by atoms with Crippen LogP contribution in [0, 0.1) is 0 Å². The van der Waals surface area contributed by atoms with Gasteiger partial charge >= 0.3 is 6.09 Å². The average molecular weight is 241 g/mol. The van der Waals surface area contributed by atoms with Crippen LogP contribution in [0.25, 0.3) is 0 Å². The zero-order valence-electron chi connectivity index (χ0n) is 8.99. The molecule has 16 heavy (non-hydrogen) atoms. The third-order valence-electron chi connectivity index (χ3n) is 2.53. The predicted molar refractivity (Wildman–Crippen MR) is 61.6 cm³/mol. The lowest BCUT2D eigenvalue weighted by Crippen LogP contribution is -2.24. The summed E-state index contributed by atoms with van der Waals surface area (Å²) in [6, 6.07) is 2.17. The van der Waals surface area contributed by atoms with E-state index >= 15 is 0 Å². The van der Waals surface area contributed by atoms with Crippen molar-refractivity contribution in [2.45, 2.75) is 25.8 Å². The summed E-state index contributed by atoms with van der Waals surface area (Å²) in [5.74, 6) is 0. The molecule has 1 amide bonds. The summed E-state index contributed by atoms with van der Waals surface area (Å²) < 4.78 is 4.69. The van der Waals surface area contributed by atoms with Gasteiger partial charge in [0.25, 0.3) is 0 Å². The van der Waals surface area contributed by atoms with Gasteiger partial charge in [-0.15, -0.1) is 11.3 Å². The molecule has 1 aliphatic carbocycles. The Labute approximate surface area is 98.2 Å². The van der Waals surface area contributed by atoms with Gasteiger partial charge < -0.3 is 15.2 Å². The zero-order chi connectivity index (χ0) is 11.4. The van der Waals surface area contributed by atoms with E-state index in [9.17, 15) is 4.79 Å². The van der Waals surface area contributed by atoms with Crippen molar-refractivity contribution in [1.82, 2.24) is 5.32 Å². The number of aliphatic hydroxyl groups excluding tert-OH is 1. The van der Waals surface area contributed by atoms with Gasteiger partial charge in [-0.2, -0.15) is 0 Å². The summed E-state index contributed by atoms with van der Waals surface area (Å²) in [4.78, 5) is 13.7. The van der Waals surface area contributed by atoms with Gasteiger partial charge in [-0.3, -0.25) is 0 Å². The Morgan fingerprint density at radius 1 is 1.56 bits per heavy atom. The molecular weight excluding hydrogens is 226 g/mol. The minimum Gasteiger partial charge on any atom is -0.447 e. The van der Waals surface area contributed by atoms with E-state index in [4.69, 9.17) is 9.84 Å². The van der Waals surface area contributed by atoms with E-state index in [1.807, 2.05) is 0 Å². The predicted octanol–water partition coefficient (Wildman–Crippen LogP) is 1.46. The first-order chi connectivity index (χ1) is 7.79. The lowest BCUT2D eigenvalue weighted by atomic mass is 10.2. The number of alkyl carbamates (subject to hydrolysis) is 1. The van der Waals surface area contributed by atoms with Crippen LogP contribution in [0.15, 0.2) is 6.07 Å². The Bertz CT molecular complexity index is 354. The van der Waals surface area contributed by atoms with E-state index < -0.39 is 6.09 Å². The van der Waals surface area contributed by atoms with Crippen LogP contribution in [-0.4, -0.2) is 24.4 Å². The maximum atomic E-state index is 11.1. The molecule has 0 unspecified atom stereocenters. The van der Waals surface area contributed by atoms with Gasteiger partial charge in [-0.1, -0.05) is 0 Å². The molecule has 0 spiro atoms.